The first-order valence-corrected chi connectivity index (χ1v) is 8.42. The van der Waals surface area contributed by atoms with Crippen LogP contribution in [0.1, 0.15) is 5.69 Å². The summed E-state index contributed by atoms with van der Waals surface area (Å²) in [5.41, 5.74) is 1.43. The molecule has 0 saturated heterocycles. The second kappa shape index (κ2) is 8.20. The number of amides is 1. The number of aromatic nitrogens is 2. The van der Waals surface area contributed by atoms with E-state index in [0.29, 0.717) is 11.3 Å². The molecule has 1 aromatic carbocycles. The smallest absolute Gasteiger partial charge is 0.331 e. The zero-order valence-corrected chi connectivity index (χ0v) is 15.2. The largest absolute Gasteiger partial charge is 0.452 e. The fourth-order valence-electron chi connectivity index (χ4n) is 2.24. The summed E-state index contributed by atoms with van der Waals surface area (Å²) < 4.78 is 19.6. The number of rotatable bonds is 5. The van der Waals surface area contributed by atoms with Gasteiger partial charge in [-0.05, 0) is 36.4 Å². The van der Waals surface area contributed by atoms with Crippen molar-refractivity contribution >= 4 is 52.5 Å². The number of anilines is 1. The lowest BCUT2D eigenvalue weighted by molar-refractivity contribution is -0.142. The number of pyridine rings is 1. The van der Waals surface area contributed by atoms with Gasteiger partial charge < -0.3 is 10.1 Å². The summed E-state index contributed by atoms with van der Waals surface area (Å²) in [4.78, 5) is 27.7. The summed E-state index contributed by atoms with van der Waals surface area (Å²) in [6.07, 6.45) is 4.34. The molecule has 0 spiro atoms. The molecule has 0 aliphatic rings. The van der Waals surface area contributed by atoms with Crippen molar-refractivity contribution in [1.82, 2.24) is 9.38 Å². The first-order chi connectivity index (χ1) is 12.9. The van der Waals surface area contributed by atoms with E-state index in [1.54, 1.807) is 22.7 Å². The number of carbonyl (C=O) groups is 2. The lowest BCUT2D eigenvalue weighted by atomic mass is 10.3. The van der Waals surface area contributed by atoms with E-state index >= 15 is 0 Å². The van der Waals surface area contributed by atoms with Crippen molar-refractivity contribution in [3.8, 4) is 0 Å². The molecule has 0 aliphatic heterocycles. The predicted molar refractivity (Wildman–Crippen MR) is 100 cm³/mol. The fourth-order valence-corrected chi connectivity index (χ4v) is 2.66. The van der Waals surface area contributed by atoms with Gasteiger partial charge in [-0.2, -0.15) is 0 Å². The molecule has 0 bridgehead atoms. The number of ether oxygens (including phenoxy) is 1. The number of esters is 1. The molecular formula is C18H12Cl2FN3O3. The van der Waals surface area contributed by atoms with Gasteiger partial charge in [0.25, 0.3) is 5.91 Å². The third kappa shape index (κ3) is 4.64. The van der Waals surface area contributed by atoms with Crippen molar-refractivity contribution in [2.75, 3.05) is 11.9 Å². The summed E-state index contributed by atoms with van der Waals surface area (Å²) in [6, 6.07) is 9.09. The Morgan fingerprint density at radius 3 is 2.85 bits per heavy atom. The van der Waals surface area contributed by atoms with Crippen LogP contribution in [0.5, 0.6) is 0 Å². The van der Waals surface area contributed by atoms with Gasteiger partial charge in [0, 0.05) is 18.0 Å². The van der Waals surface area contributed by atoms with Gasteiger partial charge in [0.1, 0.15) is 11.5 Å². The van der Waals surface area contributed by atoms with Crippen LogP contribution in [-0.2, 0) is 14.3 Å². The average molecular weight is 408 g/mol. The maximum Gasteiger partial charge on any atom is 0.331 e. The van der Waals surface area contributed by atoms with E-state index in [-0.39, 0.29) is 15.9 Å². The molecule has 138 valence electrons. The average Bonchev–Trinajstić information content (AvgIpc) is 2.96. The lowest BCUT2D eigenvalue weighted by Crippen LogP contribution is -2.20. The maximum absolute atomic E-state index is 13.1. The van der Waals surface area contributed by atoms with E-state index < -0.39 is 24.3 Å². The van der Waals surface area contributed by atoms with Gasteiger partial charge in [-0.15, -0.1) is 0 Å². The zero-order valence-electron chi connectivity index (χ0n) is 13.7. The minimum atomic E-state index is -0.732. The Morgan fingerprint density at radius 2 is 2.07 bits per heavy atom. The highest BCUT2D eigenvalue weighted by Crippen LogP contribution is 2.20. The fraction of sp³-hybridized carbons (Fsp3) is 0.0556. The molecule has 0 unspecified atom stereocenters. The van der Waals surface area contributed by atoms with Gasteiger partial charge in [-0.3, -0.25) is 9.20 Å². The predicted octanol–water partition coefficient (Wildman–Crippen LogP) is 3.98. The van der Waals surface area contributed by atoms with Crippen LogP contribution in [0.25, 0.3) is 11.7 Å². The molecule has 2 aromatic heterocycles. The number of nitrogens with zero attached hydrogens (tertiary/aromatic N) is 2. The summed E-state index contributed by atoms with van der Waals surface area (Å²) in [5.74, 6) is -1.92. The van der Waals surface area contributed by atoms with Crippen LogP contribution in [-0.4, -0.2) is 27.9 Å². The van der Waals surface area contributed by atoms with Crippen LogP contribution in [0.15, 0.2) is 48.7 Å². The van der Waals surface area contributed by atoms with E-state index in [9.17, 15) is 14.0 Å². The van der Waals surface area contributed by atoms with Crippen molar-refractivity contribution < 1.29 is 18.7 Å². The number of imidazole rings is 1. The third-order valence-corrected chi connectivity index (χ3v) is 4.02. The number of nitrogens with one attached hydrogen (secondary N) is 1. The van der Waals surface area contributed by atoms with E-state index in [2.05, 4.69) is 10.3 Å². The molecule has 1 N–H and O–H groups in total. The molecule has 0 saturated carbocycles. The Balaban J connectivity index is 1.57. The summed E-state index contributed by atoms with van der Waals surface area (Å²) in [5, 5.41) is 2.55. The molecule has 0 radical (unpaired) electrons. The van der Waals surface area contributed by atoms with Crippen molar-refractivity contribution in [2.45, 2.75) is 0 Å². The molecule has 3 rings (SSSR count). The van der Waals surface area contributed by atoms with Crippen LogP contribution in [0, 0.1) is 5.82 Å². The molecule has 2 heterocycles. The summed E-state index contributed by atoms with van der Waals surface area (Å²) in [6.45, 7) is -0.515. The molecule has 27 heavy (non-hydrogen) atoms. The lowest BCUT2D eigenvalue weighted by Gasteiger charge is -2.06. The highest BCUT2D eigenvalue weighted by molar-refractivity contribution is 6.31. The number of fused-ring (bicyclic) bond motifs is 1. The standard InChI is InChI=1S/C18H12Cl2FN3O3/c19-12-9-11(4-5-13(12)21)22-16(25)10-27-17(26)7-6-14-18(20)23-15-3-1-2-8-24(14)15/h1-9H,10H2,(H,22,25)/b7-6+. The van der Waals surface area contributed by atoms with Gasteiger partial charge in [-0.1, -0.05) is 29.3 Å². The van der Waals surface area contributed by atoms with Crippen LogP contribution >= 0.6 is 23.2 Å². The van der Waals surface area contributed by atoms with Crippen LogP contribution in [0.3, 0.4) is 0 Å². The first kappa shape index (κ1) is 18.9. The molecule has 1 amide bonds. The van der Waals surface area contributed by atoms with Crippen molar-refractivity contribution in [3.05, 3.63) is 70.4 Å². The SMILES string of the molecule is O=C(COC(=O)/C=C/c1c(Cl)nc2ccccn12)Nc1ccc(F)c(Cl)c1. The third-order valence-electron chi connectivity index (χ3n) is 3.45. The second-order valence-corrected chi connectivity index (χ2v) is 6.10. The summed E-state index contributed by atoms with van der Waals surface area (Å²) in [7, 11) is 0. The molecule has 0 aliphatic carbocycles. The number of halogens is 3. The molecule has 0 atom stereocenters. The maximum atomic E-state index is 13.1. The van der Waals surface area contributed by atoms with Crippen molar-refractivity contribution in [2.24, 2.45) is 0 Å². The minimum absolute atomic E-state index is 0.127. The highest BCUT2D eigenvalue weighted by Gasteiger charge is 2.10. The Kier molecular flexibility index (Phi) is 5.73. The topological polar surface area (TPSA) is 72.7 Å². The van der Waals surface area contributed by atoms with Crippen LogP contribution in [0.2, 0.25) is 10.2 Å². The normalized spacial score (nSPS) is 11.1. The molecule has 0 fully saturated rings. The van der Waals surface area contributed by atoms with Gasteiger partial charge in [0.2, 0.25) is 0 Å². The number of carbonyl (C=O) groups excluding carboxylic acids is 2. The minimum Gasteiger partial charge on any atom is -0.452 e. The summed E-state index contributed by atoms with van der Waals surface area (Å²) >= 11 is 11.7. The van der Waals surface area contributed by atoms with E-state index in [1.165, 1.54) is 18.2 Å². The van der Waals surface area contributed by atoms with Gasteiger partial charge in [0.05, 0.1) is 10.7 Å². The second-order valence-electron chi connectivity index (χ2n) is 5.33. The number of benzene rings is 1. The van der Waals surface area contributed by atoms with Crippen LogP contribution in [0.4, 0.5) is 10.1 Å². The number of hydrogen-bond donors (Lipinski definition) is 1. The quantitative estimate of drug-likeness (QED) is 0.512. The highest BCUT2D eigenvalue weighted by atomic mass is 35.5. The Morgan fingerprint density at radius 1 is 1.26 bits per heavy atom. The molecular weight excluding hydrogens is 396 g/mol. The van der Waals surface area contributed by atoms with Gasteiger partial charge in [-0.25, -0.2) is 14.2 Å². The zero-order chi connectivity index (χ0) is 19.4. The van der Waals surface area contributed by atoms with Gasteiger partial charge >= 0.3 is 5.97 Å². The molecule has 3 aromatic rings. The van der Waals surface area contributed by atoms with Crippen molar-refractivity contribution in [3.63, 3.8) is 0 Å². The Hall–Kier alpha value is -2.90. The molecule has 6 nitrogen and oxygen atoms in total. The van der Waals surface area contributed by atoms with E-state index in [4.69, 9.17) is 27.9 Å². The van der Waals surface area contributed by atoms with Gasteiger partial charge in [0.15, 0.2) is 11.8 Å². The first-order valence-electron chi connectivity index (χ1n) is 7.66. The Bertz CT molecular complexity index is 1050. The van der Waals surface area contributed by atoms with E-state index in [0.717, 1.165) is 12.1 Å². The number of hydrogen-bond acceptors (Lipinski definition) is 4. The van der Waals surface area contributed by atoms with Crippen LogP contribution < -0.4 is 5.32 Å². The van der Waals surface area contributed by atoms with E-state index in [1.807, 2.05) is 6.07 Å². The molecule has 9 heteroatoms. The Labute approximate surface area is 163 Å². The monoisotopic (exact) mass is 407 g/mol. The van der Waals surface area contributed by atoms with Crippen molar-refractivity contribution in [1.29, 1.82) is 0 Å².